The average molecular weight is 273 g/mol. The maximum absolute atomic E-state index is 10.9. The van der Waals surface area contributed by atoms with Crippen LogP contribution in [0, 0.1) is 0 Å². The number of aliphatic hydroxyl groups excluding tert-OH is 1. The predicted octanol–water partition coefficient (Wildman–Crippen LogP) is 2.29. The molecule has 0 amide bonds. The van der Waals surface area contributed by atoms with E-state index in [1.54, 1.807) is 0 Å². The van der Waals surface area contributed by atoms with Gasteiger partial charge in [-0.3, -0.25) is 4.90 Å². The van der Waals surface area contributed by atoms with Crippen LogP contribution in [-0.2, 0) is 4.74 Å². The number of carbonyl (C=O) groups excluding carboxylic acids is 1. The monoisotopic (exact) mass is 272 g/mol. The van der Waals surface area contributed by atoms with E-state index < -0.39 is 11.7 Å². The SMILES string of the molecule is N.O=C(Cl)OC(c1ccccc1)N1CCC(O)C1. The fourth-order valence-corrected chi connectivity index (χ4v) is 2.12. The van der Waals surface area contributed by atoms with E-state index in [1.807, 2.05) is 35.2 Å². The van der Waals surface area contributed by atoms with Crippen molar-refractivity contribution in [3.63, 3.8) is 0 Å². The van der Waals surface area contributed by atoms with Gasteiger partial charge in [-0.05, 0) is 6.42 Å². The number of hydrogen-bond donors (Lipinski definition) is 2. The molecule has 0 aliphatic carbocycles. The summed E-state index contributed by atoms with van der Waals surface area (Å²) < 4.78 is 5.11. The Kier molecular flexibility index (Phi) is 5.55. The van der Waals surface area contributed by atoms with Crippen molar-refractivity contribution >= 4 is 17.0 Å². The van der Waals surface area contributed by atoms with E-state index in [0.29, 0.717) is 19.5 Å². The Balaban J connectivity index is 0.00000162. The molecule has 1 aliphatic rings. The molecule has 1 aromatic carbocycles. The number of likely N-dealkylation sites (tertiary alicyclic amines) is 1. The molecule has 2 atom stereocenters. The zero-order chi connectivity index (χ0) is 12.3. The number of nitrogens with zero attached hydrogens (tertiary/aromatic N) is 1. The Labute approximate surface area is 111 Å². The van der Waals surface area contributed by atoms with Crippen LogP contribution in [0.2, 0.25) is 0 Å². The van der Waals surface area contributed by atoms with Gasteiger partial charge in [-0.2, -0.15) is 0 Å². The highest BCUT2D eigenvalue weighted by atomic mass is 35.5. The molecule has 1 fully saturated rings. The van der Waals surface area contributed by atoms with Crippen molar-refractivity contribution in [2.45, 2.75) is 18.8 Å². The van der Waals surface area contributed by atoms with Gasteiger partial charge >= 0.3 is 5.43 Å². The summed E-state index contributed by atoms with van der Waals surface area (Å²) in [5.74, 6) is 0. The molecule has 4 N–H and O–H groups in total. The number of hydrogen-bond acceptors (Lipinski definition) is 5. The molecule has 1 aliphatic heterocycles. The van der Waals surface area contributed by atoms with Gasteiger partial charge < -0.3 is 16.0 Å². The van der Waals surface area contributed by atoms with Gasteiger partial charge in [-0.15, -0.1) is 0 Å². The summed E-state index contributed by atoms with van der Waals surface area (Å²) in [4.78, 5) is 12.8. The lowest BCUT2D eigenvalue weighted by Crippen LogP contribution is -2.30. The first-order valence-corrected chi connectivity index (χ1v) is 5.88. The lowest BCUT2D eigenvalue weighted by molar-refractivity contribution is 0.00292. The summed E-state index contributed by atoms with van der Waals surface area (Å²) in [6.07, 6.45) is -0.197. The van der Waals surface area contributed by atoms with Crippen LogP contribution in [0.1, 0.15) is 18.2 Å². The standard InChI is InChI=1S/C12H14ClNO3.H3N/c13-12(16)17-11(9-4-2-1-3-5-9)14-7-6-10(15)8-14;/h1-5,10-11,15H,6-8H2;1H3. The Morgan fingerprint density at radius 1 is 1.44 bits per heavy atom. The number of carbonyl (C=O) groups is 1. The minimum absolute atomic E-state index is 0. The Morgan fingerprint density at radius 3 is 2.61 bits per heavy atom. The second-order valence-electron chi connectivity index (χ2n) is 4.06. The Hall–Kier alpha value is -1.14. The Morgan fingerprint density at radius 2 is 2.11 bits per heavy atom. The number of β-amino-alcohol motifs (C(OH)–C–C–N with tert-alkyl or cyclic N) is 1. The third kappa shape index (κ3) is 3.68. The van der Waals surface area contributed by atoms with Crippen LogP contribution < -0.4 is 6.15 Å². The molecule has 2 rings (SSSR count). The van der Waals surface area contributed by atoms with Crippen molar-refractivity contribution < 1.29 is 14.6 Å². The minimum Gasteiger partial charge on any atom is -0.430 e. The molecular weight excluding hydrogens is 256 g/mol. The molecule has 0 radical (unpaired) electrons. The van der Waals surface area contributed by atoms with Gasteiger partial charge in [-0.25, -0.2) is 4.79 Å². The van der Waals surface area contributed by atoms with E-state index in [2.05, 4.69) is 0 Å². The third-order valence-corrected chi connectivity index (χ3v) is 2.90. The lowest BCUT2D eigenvalue weighted by Gasteiger charge is -2.26. The van der Waals surface area contributed by atoms with Crippen molar-refractivity contribution in [3.8, 4) is 0 Å². The smallest absolute Gasteiger partial charge is 0.405 e. The van der Waals surface area contributed by atoms with Crippen LogP contribution in [0.5, 0.6) is 0 Å². The highest BCUT2D eigenvalue weighted by Gasteiger charge is 2.30. The molecule has 0 spiro atoms. The molecule has 5 nitrogen and oxygen atoms in total. The van der Waals surface area contributed by atoms with Gasteiger partial charge in [0.2, 0.25) is 0 Å². The maximum Gasteiger partial charge on any atom is 0.405 e. The van der Waals surface area contributed by atoms with Gasteiger partial charge in [0.05, 0.1) is 6.10 Å². The predicted molar refractivity (Wildman–Crippen MR) is 68.7 cm³/mol. The van der Waals surface area contributed by atoms with Gasteiger partial charge in [-0.1, -0.05) is 30.3 Å². The van der Waals surface area contributed by atoms with E-state index in [-0.39, 0.29) is 12.3 Å². The second-order valence-corrected chi connectivity index (χ2v) is 4.36. The first-order valence-electron chi connectivity index (χ1n) is 5.50. The van der Waals surface area contributed by atoms with Gasteiger partial charge in [0.15, 0.2) is 6.23 Å². The first kappa shape index (κ1) is 14.9. The van der Waals surface area contributed by atoms with E-state index in [1.165, 1.54) is 0 Å². The van der Waals surface area contributed by atoms with Crippen LogP contribution in [-0.4, -0.2) is 34.6 Å². The number of aliphatic hydroxyl groups is 1. The quantitative estimate of drug-likeness (QED) is 0.825. The second kappa shape index (κ2) is 6.70. The zero-order valence-electron chi connectivity index (χ0n) is 9.96. The summed E-state index contributed by atoms with van der Waals surface area (Å²) >= 11 is 5.29. The zero-order valence-corrected chi connectivity index (χ0v) is 10.7. The molecule has 0 saturated carbocycles. The molecular formula is C12H17ClN2O3. The molecule has 18 heavy (non-hydrogen) atoms. The van der Waals surface area contributed by atoms with Crippen LogP contribution in [0.25, 0.3) is 0 Å². The van der Waals surface area contributed by atoms with E-state index in [4.69, 9.17) is 16.3 Å². The van der Waals surface area contributed by atoms with Crippen molar-refractivity contribution in [2.75, 3.05) is 13.1 Å². The van der Waals surface area contributed by atoms with Gasteiger partial charge in [0.1, 0.15) is 0 Å². The lowest BCUT2D eigenvalue weighted by atomic mass is 10.2. The summed E-state index contributed by atoms with van der Waals surface area (Å²) in [5.41, 5.74) is 0.0239. The normalized spacial score (nSPS) is 21.1. The van der Waals surface area contributed by atoms with Crippen molar-refractivity contribution in [1.82, 2.24) is 11.1 Å². The molecule has 1 aromatic rings. The first-order chi connectivity index (χ1) is 8.16. The summed E-state index contributed by atoms with van der Waals surface area (Å²) in [5, 5.41) is 9.51. The van der Waals surface area contributed by atoms with Crippen LogP contribution >= 0.6 is 11.6 Å². The Bertz CT molecular complexity index is 388. The molecule has 1 heterocycles. The number of benzene rings is 1. The average Bonchev–Trinajstić information content (AvgIpc) is 2.73. The molecule has 1 saturated heterocycles. The van der Waals surface area contributed by atoms with Crippen LogP contribution in [0.3, 0.4) is 0 Å². The molecule has 0 bridgehead atoms. The van der Waals surface area contributed by atoms with E-state index >= 15 is 0 Å². The number of halogens is 1. The van der Waals surface area contributed by atoms with Crippen molar-refractivity contribution in [3.05, 3.63) is 35.9 Å². The maximum atomic E-state index is 10.9. The van der Waals surface area contributed by atoms with E-state index in [9.17, 15) is 9.90 Å². The van der Waals surface area contributed by atoms with Crippen LogP contribution in [0.15, 0.2) is 30.3 Å². The summed E-state index contributed by atoms with van der Waals surface area (Å²) in [6.45, 7) is 1.18. The number of rotatable bonds is 3. The summed E-state index contributed by atoms with van der Waals surface area (Å²) in [7, 11) is 0. The fourth-order valence-electron chi connectivity index (χ4n) is 2.04. The fraction of sp³-hybridized carbons (Fsp3) is 0.417. The van der Waals surface area contributed by atoms with Crippen LogP contribution in [0.4, 0.5) is 4.79 Å². The molecule has 6 heteroatoms. The molecule has 2 unspecified atom stereocenters. The van der Waals surface area contributed by atoms with Crippen molar-refractivity contribution in [1.29, 1.82) is 0 Å². The number of ether oxygens (including phenoxy) is 1. The largest absolute Gasteiger partial charge is 0.430 e. The van der Waals surface area contributed by atoms with Gasteiger partial charge in [0, 0.05) is 30.3 Å². The summed E-state index contributed by atoms with van der Waals surface area (Å²) in [6, 6.07) is 9.38. The molecule has 100 valence electrons. The highest BCUT2D eigenvalue weighted by Crippen LogP contribution is 2.27. The third-order valence-electron chi connectivity index (χ3n) is 2.82. The minimum atomic E-state index is -0.833. The topological polar surface area (TPSA) is 84.8 Å². The van der Waals surface area contributed by atoms with E-state index in [0.717, 1.165) is 5.56 Å². The highest BCUT2D eigenvalue weighted by molar-refractivity contribution is 6.61. The van der Waals surface area contributed by atoms with Crippen molar-refractivity contribution in [2.24, 2.45) is 0 Å². The van der Waals surface area contributed by atoms with Gasteiger partial charge in [0.25, 0.3) is 0 Å². The molecule has 0 aromatic heterocycles.